The number of fused-ring (bicyclic) bond motifs is 2. The summed E-state index contributed by atoms with van der Waals surface area (Å²) in [6, 6.07) is 17.1. The van der Waals surface area contributed by atoms with Gasteiger partial charge in [0, 0.05) is 16.3 Å². The zero-order valence-electron chi connectivity index (χ0n) is 14.1. The molecule has 128 valence electrons. The quantitative estimate of drug-likeness (QED) is 0.524. The number of furan rings is 1. The molecule has 6 heteroatoms. The van der Waals surface area contributed by atoms with Gasteiger partial charge in [0.05, 0.1) is 18.7 Å². The third-order valence-corrected chi connectivity index (χ3v) is 4.23. The van der Waals surface area contributed by atoms with Crippen LogP contribution >= 0.6 is 0 Å². The fraction of sp³-hybridized carbons (Fsp3) is 0.150. The molecule has 0 saturated heterocycles. The lowest BCUT2D eigenvalue weighted by Gasteiger charge is -2.05. The maximum atomic E-state index is 12.4. The minimum Gasteiger partial charge on any atom is -0.460 e. The number of hydrogen-bond acceptors (Lipinski definition) is 5. The highest BCUT2D eigenvalue weighted by Gasteiger charge is 2.23. The standard InChI is InChI=1S/C20H15N3O3/c1-2-25-20(24)19-15(13-7-4-6-10-18(13)26-19)12-23-17-9-5-3-8-14(17)16(11-21)22-23/h3-10H,2,12H2,1H3. The van der Waals surface area contributed by atoms with Crippen molar-refractivity contribution in [2.45, 2.75) is 13.5 Å². The largest absolute Gasteiger partial charge is 0.460 e. The molecule has 26 heavy (non-hydrogen) atoms. The second-order valence-corrected chi connectivity index (χ2v) is 5.76. The average molecular weight is 345 g/mol. The monoisotopic (exact) mass is 345 g/mol. The first-order valence-corrected chi connectivity index (χ1v) is 8.26. The van der Waals surface area contributed by atoms with E-state index in [1.54, 1.807) is 11.6 Å². The summed E-state index contributed by atoms with van der Waals surface area (Å²) < 4.78 is 12.6. The van der Waals surface area contributed by atoms with Gasteiger partial charge in [0.15, 0.2) is 5.69 Å². The number of aromatic nitrogens is 2. The Morgan fingerprint density at radius 2 is 1.92 bits per heavy atom. The number of ether oxygens (including phenoxy) is 1. The van der Waals surface area contributed by atoms with Crippen LogP contribution in [0.15, 0.2) is 52.9 Å². The van der Waals surface area contributed by atoms with Gasteiger partial charge in [-0.05, 0) is 25.1 Å². The lowest BCUT2D eigenvalue weighted by Crippen LogP contribution is -2.09. The molecule has 2 aromatic heterocycles. The van der Waals surface area contributed by atoms with E-state index < -0.39 is 5.97 Å². The average Bonchev–Trinajstić information content (AvgIpc) is 3.21. The molecule has 4 rings (SSSR count). The predicted octanol–water partition coefficient (Wildman–Crippen LogP) is 3.88. The van der Waals surface area contributed by atoms with Gasteiger partial charge < -0.3 is 9.15 Å². The van der Waals surface area contributed by atoms with Gasteiger partial charge in [0.2, 0.25) is 5.76 Å². The molecule has 0 radical (unpaired) electrons. The second kappa shape index (κ2) is 6.37. The van der Waals surface area contributed by atoms with E-state index >= 15 is 0 Å². The Morgan fingerprint density at radius 1 is 1.19 bits per heavy atom. The van der Waals surface area contributed by atoms with E-state index in [2.05, 4.69) is 11.2 Å². The zero-order valence-corrected chi connectivity index (χ0v) is 14.1. The van der Waals surface area contributed by atoms with Gasteiger partial charge in [0.1, 0.15) is 11.7 Å². The van der Waals surface area contributed by atoms with Crippen molar-refractivity contribution in [2.24, 2.45) is 0 Å². The summed E-state index contributed by atoms with van der Waals surface area (Å²) in [5.41, 5.74) is 2.48. The van der Waals surface area contributed by atoms with Gasteiger partial charge in [-0.2, -0.15) is 10.4 Å². The Labute approximate surface area is 149 Å². The van der Waals surface area contributed by atoms with E-state index in [1.807, 2.05) is 48.5 Å². The SMILES string of the molecule is CCOC(=O)c1oc2ccccc2c1Cn1nc(C#N)c2ccccc21. The van der Waals surface area contributed by atoms with Crippen molar-refractivity contribution < 1.29 is 13.9 Å². The van der Waals surface area contributed by atoms with Gasteiger partial charge >= 0.3 is 5.97 Å². The predicted molar refractivity (Wildman–Crippen MR) is 95.7 cm³/mol. The Balaban J connectivity index is 1.89. The van der Waals surface area contributed by atoms with Crippen molar-refractivity contribution in [1.29, 1.82) is 5.26 Å². The van der Waals surface area contributed by atoms with Crippen LogP contribution in [-0.2, 0) is 11.3 Å². The molecule has 0 fully saturated rings. The van der Waals surface area contributed by atoms with Crippen molar-refractivity contribution in [2.75, 3.05) is 6.61 Å². The minimum absolute atomic E-state index is 0.172. The lowest BCUT2D eigenvalue weighted by molar-refractivity contribution is 0.0490. The Hall–Kier alpha value is -3.59. The molecule has 0 aliphatic carbocycles. The van der Waals surface area contributed by atoms with Crippen LogP contribution in [-0.4, -0.2) is 22.4 Å². The smallest absolute Gasteiger partial charge is 0.374 e. The van der Waals surface area contributed by atoms with Crippen molar-refractivity contribution in [3.63, 3.8) is 0 Å². The van der Waals surface area contributed by atoms with Gasteiger partial charge in [0.25, 0.3) is 0 Å². The fourth-order valence-electron chi connectivity index (χ4n) is 3.10. The van der Waals surface area contributed by atoms with E-state index in [1.165, 1.54) is 0 Å². The lowest BCUT2D eigenvalue weighted by atomic mass is 10.1. The molecule has 0 aliphatic rings. The molecule has 0 amide bonds. The van der Waals surface area contributed by atoms with Gasteiger partial charge in [-0.25, -0.2) is 4.79 Å². The normalized spacial score (nSPS) is 10.9. The highest BCUT2D eigenvalue weighted by Crippen LogP contribution is 2.29. The summed E-state index contributed by atoms with van der Waals surface area (Å²) in [6.07, 6.45) is 0. The van der Waals surface area contributed by atoms with Gasteiger partial charge in [-0.1, -0.05) is 30.3 Å². The molecular weight excluding hydrogens is 330 g/mol. The Kier molecular flexibility index (Phi) is 3.90. The molecule has 2 heterocycles. The van der Waals surface area contributed by atoms with Crippen LogP contribution in [0.5, 0.6) is 0 Å². The molecule has 0 spiro atoms. The van der Waals surface area contributed by atoms with E-state index in [4.69, 9.17) is 9.15 Å². The summed E-state index contributed by atoms with van der Waals surface area (Å²) in [6.45, 7) is 2.31. The summed E-state index contributed by atoms with van der Waals surface area (Å²) in [5.74, 6) is -0.332. The summed E-state index contributed by atoms with van der Waals surface area (Å²) in [5, 5.41) is 15.3. The molecular formula is C20H15N3O3. The van der Waals surface area contributed by atoms with Crippen molar-refractivity contribution in [3.8, 4) is 6.07 Å². The van der Waals surface area contributed by atoms with Gasteiger partial charge in [-0.15, -0.1) is 0 Å². The van der Waals surface area contributed by atoms with E-state index in [9.17, 15) is 10.1 Å². The van der Waals surface area contributed by atoms with Crippen LogP contribution in [0, 0.1) is 11.3 Å². The first kappa shape index (κ1) is 15.9. The number of carbonyl (C=O) groups is 1. The number of carbonyl (C=O) groups excluding carboxylic acids is 1. The van der Waals surface area contributed by atoms with Gasteiger partial charge in [-0.3, -0.25) is 4.68 Å². The second-order valence-electron chi connectivity index (χ2n) is 5.76. The Bertz CT molecular complexity index is 1160. The summed E-state index contributed by atoms with van der Waals surface area (Å²) in [7, 11) is 0. The summed E-state index contributed by atoms with van der Waals surface area (Å²) in [4.78, 5) is 12.4. The number of para-hydroxylation sites is 2. The molecule has 6 nitrogen and oxygen atoms in total. The van der Waals surface area contributed by atoms with Crippen LogP contribution in [0.4, 0.5) is 0 Å². The highest BCUT2D eigenvalue weighted by molar-refractivity contribution is 5.96. The minimum atomic E-state index is -0.504. The molecule has 0 atom stereocenters. The molecule has 0 saturated carbocycles. The van der Waals surface area contributed by atoms with Crippen LogP contribution in [0.1, 0.15) is 28.7 Å². The Morgan fingerprint density at radius 3 is 2.69 bits per heavy atom. The maximum absolute atomic E-state index is 12.4. The number of nitrogens with zero attached hydrogens (tertiary/aromatic N) is 3. The number of esters is 1. The topological polar surface area (TPSA) is 81.0 Å². The molecule has 0 unspecified atom stereocenters. The number of rotatable bonds is 4. The molecule has 0 N–H and O–H groups in total. The molecule has 4 aromatic rings. The van der Waals surface area contributed by atoms with E-state index in [0.29, 0.717) is 23.4 Å². The zero-order chi connectivity index (χ0) is 18.1. The molecule has 0 aliphatic heterocycles. The molecule has 0 bridgehead atoms. The summed E-state index contributed by atoms with van der Waals surface area (Å²) >= 11 is 0. The number of nitriles is 1. The maximum Gasteiger partial charge on any atom is 0.374 e. The van der Waals surface area contributed by atoms with Crippen LogP contribution in [0.2, 0.25) is 0 Å². The van der Waals surface area contributed by atoms with Crippen LogP contribution in [0.25, 0.3) is 21.9 Å². The third kappa shape index (κ3) is 2.50. The molecule has 2 aromatic carbocycles. The third-order valence-electron chi connectivity index (χ3n) is 4.23. The van der Waals surface area contributed by atoms with Crippen molar-refractivity contribution in [3.05, 3.63) is 65.5 Å². The van der Waals surface area contributed by atoms with E-state index in [0.717, 1.165) is 16.3 Å². The number of benzene rings is 2. The van der Waals surface area contributed by atoms with Crippen molar-refractivity contribution in [1.82, 2.24) is 9.78 Å². The van der Waals surface area contributed by atoms with Crippen LogP contribution in [0.3, 0.4) is 0 Å². The van der Waals surface area contributed by atoms with Crippen molar-refractivity contribution >= 4 is 27.8 Å². The first-order chi connectivity index (χ1) is 12.7. The highest BCUT2D eigenvalue weighted by atomic mass is 16.5. The fourth-order valence-corrected chi connectivity index (χ4v) is 3.10. The first-order valence-electron chi connectivity index (χ1n) is 8.26. The number of hydrogen-bond donors (Lipinski definition) is 0. The van der Waals surface area contributed by atoms with E-state index in [-0.39, 0.29) is 12.4 Å². The van der Waals surface area contributed by atoms with Crippen LogP contribution < -0.4 is 0 Å².